The van der Waals surface area contributed by atoms with Crippen LogP contribution in [0.4, 0.5) is 0 Å². The monoisotopic (exact) mass is 375 g/mol. The fourth-order valence-electron chi connectivity index (χ4n) is 3.13. The first-order chi connectivity index (χ1) is 12.6. The smallest absolute Gasteiger partial charge is 0.263 e. The van der Waals surface area contributed by atoms with Crippen LogP contribution in [0.2, 0.25) is 0 Å². The molecule has 1 amide bonds. The molecule has 2 heterocycles. The number of carbonyl (C=O) groups is 1. The number of methoxy groups -OCH3 is 2. The number of nitrogens with zero attached hydrogens (tertiary/aromatic N) is 1. The van der Waals surface area contributed by atoms with Crippen LogP contribution in [0, 0.1) is 12.8 Å². The average Bonchev–Trinajstić information content (AvgIpc) is 3.30. The van der Waals surface area contributed by atoms with Gasteiger partial charge in [-0.25, -0.2) is 4.98 Å². The molecule has 1 atom stereocenters. The zero-order valence-corrected chi connectivity index (χ0v) is 16.2. The molecule has 2 N–H and O–H groups in total. The van der Waals surface area contributed by atoms with Crippen LogP contribution in [0.1, 0.15) is 28.2 Å². The lowest BCUT2D eigenvalue weighted by molar-refractivity contribution is 0.0955. The summed E-state index contributed by atoms with van der Waals surface area (Å²) in [7, 11) is 3.21. The number of benzene rings is 1. The second kappa shape index (κ2) is 8.51. The van der Waals surface area contributed by atoms with Crippen molar-refractivity contribution in [1.82, 2.24) is 15.6 Å². The molecule has 0 radical (unpaired) electrons. The van der Waals surface area contributed by atoms with Crippen LogP contribution in [-0.4, -0.2) is 44.7 Å². The zero-order chi connectivity index (χ0) is 18.5. The molecule has 0 bridgehead atoms. The van der Waals surface area contributed by atoms with Gasteiger partial charge < -0.3 is 20.1 Å². The van der Waals surface area contributed by atoms with Crippen LogP contribution in [0.25, 0.3) is 10.6 Å². The van der Waals surface area contributed by atoms with Crippen molar-refractivity contribution >= 4 is 17.2 Å². The number of aromatic nitrogens is 1. The molecule has 2 aromatic rings. The Morgan fingerprint density at radius 1 is 1.35 bits per heavy atom. The van der Waals surface area contributed by atoms with E-state index in [1.807, 2.05) is 25.1 Å². The zero-order valence-electron chi connectivity index (χ0n) is 15.4. The molecule has 0 spiro atoms. The van der Waals surface area contributed by atoms with E-state index in [0.717, 1.165) is 35.8 Å². The fourth-order valence-corrected chi connectivity index (χ4v) is 4.11. The molecule has 26 heavy (non-hydrogen) atoms. The molecule has 1 aromatic carbocycles. The first kappa shape index (κ1) is 18.7. The molecule has 0 saturated carbocycles. The van der Waals surface area contributed by atoms with E-state index in [1.54, 1.807) is 14.2 Å². The van der Waals surface area contributed by atoms with Crippen molar-refractivity contribution < 1.29 is 14.3 Å². The van der Waals surface area contributed by atoms with Crippen LogP contribution in [0.5, 0.6) is 11.5 Å². The molecule has 140 valence electrons. The largest absolute Gasteiger partial charge is 0.493 e. The van der Waals surface area contributed by atoms with Gasteiger partial charge in [0, 0.05) is 12.1 Å². The van der Waals surface area contributed by atoms with Crippen molar-refractivity contribution in [2.24, 2.45) is 5.92 Å². The Bertz CT molecular complexity index is 769. The summed E-state index contributed by atoms with van der Waals surface area (Å²) in [6.45, 7) is 4.71. The summed E-state index contributed by atoms with van der Waals surface area (Å²) >= 11 is 1.40. The van der Waals surface area contributed by atoms with Gasteiger partial charge in [-0.05, 0) is 57.0 Å². The molecule has 1 aliphatic rings. The summed E-state index contributed by atoms with van der Waals surface area (Å²) < 4.78 is 10.6. The number of ether oxygens (including phenoxy) is 2. The SMILES string of the molecule is COc1ccc(-c2nc(C)c(C(=O)NCCC3CCNC3)s2)cc1OC. The lowest BCUT2D eigenvalue weighted by Gasteiger charge is -2.08. The number of thiazole rings is 1. The third-order valence-corrected chi connectivity index (χ3v) is 5.84. The number of hydrogen-bond donors (Lipinski definition) is 2. The van der Waals surface area contributed by atoms with Crippen molar-refractivity contribution in [3.05, 3.63) is 28.8 Å². The molecule has 0 aliphatic carbocycles. The Kier molecular flexibility index (Phi) is 6.11. The Hall–Kier alpha value is -2.12. The van der Waals surface area contributed by atoms with Crippen LogP contribution < -0.4 is 20.1 Å². The van der Waals surface area contributed by atoms with Crippen molar-refractivity contribution in [1.29, 1.82) is 0 Å². The molecule has 1 aliphatic heterocycles. The van der Waals surface area contributed by atoms with Crippen molar-refractivity contribution in [2.75, 3.05) is 33.9 Å². The highest BCUT2D eigenvalue weighted by molar-refractivity contribution is 7.17. The molecule has 6 nitrogen and oxygen atoms in total. The first-order valence-electron chi connectivity index (χ1n) is 8.81. The van der Waals surface area contributed by atoms with Gasteiger partial charge in [0.25, 0.3) is 5.91 Å². The molecule has 1 fully saturated rings. The predicted octanol–water partition coefficient (Wildman–Crippen LogP) is 2.87. The third-order valence-electron chi connectivity index (χ3n) is 4.63. The molecule has 1 saturated heterocycles. The predicted molar refractivity (Wildman–Crippen MR) is 103 cm³/mol. The van der Waals surface area contributed by atoms with Gasteiger partial charge in [0.05, 0.1) is 19.9 Å². The normalized spacial score (nSPS) is 16.5. The standard InChI is InChI=1S/C19H25N3O3S/c1-12-17(18(23)21-9-7-13-6-8-20-11-13)26-19(22-12)14-4-5-15(24-2)16(10-14)25-3/h4-5,10,13,20H,6-9,11H2,1-3H3,(H,21,23). The van der Waals surface area contributed by atoms with E-state index >= 15 is 0 Å². The molecular formula is C19H25N3O3S. The maximum absolute atomic E-state index is 12.5. The maximum atomic E-state index is 12.5. The first-order valence-corrected chi connectivity index (χ1v) is 9.62. The fraction of sp³-hybridized carbons (Fsp3) is 0.474. The van der Waals surface area contributed by atoms with Gasteiger partial charge in [-0.2, -0.15) is 0 Å². The minimum absolute atomic E-state index is 0.0438. The Balaban J connectivity index is 1.69. The summed E-state index contributed by atoms with van der Waals surface area (Å²) in [5, 5.41) is 7.18. The lowest BCUT2D eigenvalue weighted by atomic mass is 10.1. The van der Waals surface area contributed by atoms with Crippen LogP contribution in [0.3, 0.4) is 0 Å². The Morgan fingerprint density at radius 3 is 2.85 bits per heavy atom. The topological polar surface area (TPSA) is 72.5 Å². The van der Waals surface area contributed by atoms with E-state index in [2.05, 4.69) is 15.6 Å². The summed E-state index contributed by atoms with van der Waals surface area (Å²) in [6.07, 6.45) is 2.21. The third kappa shape index (κ3) is 4.16. The second-order valence-corrected chi connectivity index (χ2v) is 7.41. The molecule has 1 aromatic heterocycles. The second-order valence-electron chi connectivity index (χ2n) is 6.41. The van der Waals surface area contributed by atoms with Gasteiger partial charge in [0.1, 0.15) is 9.88 Å². The van der Waals surface area contributed by atoms with Gasteiger partial charge in [-0.15, -0.1) is 11.3 Å². The summed E-state index contributed by atoms with van der Waals surface area (Å²) in [4.78, 5) is 17.7. The van der Waals surface area contributed by atoms with Crippen LogP contribution in [0.15, 0.2) is 18.2 Å². The van der Waals surface area contributed by atoms with E-state index in [0.29, 0.717) is 28.8 Å². The van der Waals surface area contributed by atoms with E-state index in [9.17, 15) is 4.79 Å². The van der Waals surface area contributed by atoms with Gasteiger partial charge in [0.15, 0.2) is 11.5 Å². The maximum Gasteiger partial charge on any atom is 0.263 e. The Morgan fingerprint density at radius 2 is 2.15 bits per heavy atom. The highest BCUT2D eigenvalue weighted by Gasteiger charge is 2.18. The number of carbonyl (C=O) groups excluding carboxylic acids is 1. The van der Waals surface area contributed by atoms with Gasteiger partial charge in [-0.1, -0.05) is 0 Å². The summed E-state index contributed by atoms with van der Waals surface area (Å²) in [5.74, 6) is 1.94. The molecular weight excluding hydrogens is 350 g/mol. The van der Waals surface area contributed by atoms with E-state index < -0.39 is 0 Å². The Labute approximate surface area is 157 Å². The average molecular weight is 375 g/mol. The quantitative estimate of drug-likeness (QED) is 0.779. The summed E-state index contributed by atoms with van der Waals surface area (Å²) in [6, 6.07) is 5.65. The van der Waals surface area contributed by atoms with Crippen LogP contribution >= 0.6 is 11.3 Å². The molecule has 3 rings (SSSR count). The highest BCUT2D eigenvalue weighted by Crippen LogP contribution is 2.34. The number of aryl methyl sites for hydroxylation is 1. The minimum Gasteiger partial charge on any atom is -0.493 e. The van der Waals surface area contributed by atoms with E-state index in [-0.39, 0.29) is 5.91 Å². The van der Waals surface area contributed by atoms with Gasteiger partial charge in [0.2, 0.25) is 0 Å². The van der Waals surface area contributed by atoms with E-state index in [1.165, 1.54) is 17.8 Å². The molecule has 1 unspecified atom stereocenters. The van der Waals surface area contributed by atoms with Crippen molar-refractivity contribution in [3.63, 3.8) is 0 Å². The number of hydrogen-bond acceptors (Lipinski definition) is 6. The number of nitrogens with one attached hydrogen (secondary N) is 2. The van der Waals surface area contributed by atoms with Gasteiger partial charge >= 0.3 is 0 Å². The number of rotatable bonds is 7. The van der Waals surface area contributed by atoms with Crippen molar-refractivity contribution in [2.45, 2.75) is 19.8 Å². The van der Waals surface area contributed by atoms with Crippen molar-refractivity contribution in [3.8, 4) is 22.1 Å². The summed E-state index contributed by atoms with van der Waals surface area (Å²) in [5.41, 5.74) is 1.66. The highest BCUT2D eigenvalue weighted by atomic mass is 32.1. The lowest BCUT2D eigenvalue weighted by Crippen LogP contribution is -2.26. The minimum atomic E-state index is -0.0438. The molecule has 7 heteroatoms. The van der Waals surface area contributed by atoms with E-state index in [4.69, 9.17) is 9.47 Å². The van der Waals surface area contributed by atoms with Crippen LogP contribution in [-0.2, 0) is 0 Å². The number of amides is 1. The van der Waals surface area contributed by atoms with Gasteiger partial charge in [-0.3, -0.25) is 4.79 Å².